The molecular weight excluding hydrogens is 528 g/mol. The zero-order chi connectivity index (χ0) is 28.2. The minimum atomic E-state index is -0.900. The third-order valence-electron chi connectivity index (χ3n) is 6.62. The molecule has 206 valence electrons. The number of amides is 1. The molecule has 1 unspecified atom stereocenters. The van der Waals surface area contributed by atoms with Crippen molar-refractivity contribution in [3.63, 3.8) is 0 Å². The fraction of sp³-hybridized carbons (Fsp3) is 0.258. The molecule has 5 rings (SSSR count). The lowest BCUT2D eigenvalue weighted by Gasteiger charge is -2.23. The quantitative estimate of drug-likeness (QED) is 0.103. The van der Waals surface area contributed by atoms with Crippen LogP contribution in [0.5, 0.6) is 17.2 Å². The number of Topliss-reactive ketones (excluding diaryl/α,β-unsaturated/α-hetero) is 1. The SMILES string of the molecule is CCCCOc1ccc(C2C(=C(O)c3cccc(OCC)c3)C(=O)C(=O)N2c2nc3ccc(OC)cc3s2)cc1. The Morgan fingerprint density at radius 2 is 1.75 bits per heavy atom. The molecule has 2 heterocycles. The highest BCUT2D eigenvalue weighted by molar-refractivity contribution is 7.22. The van der Waals surface area contributed by atoms with E-state index in [9.17, 15) is 14.7 Å². The summed E-state index contributed by atoms with van der Waals surface area (Å²) in [5.74, 6) is 0.0653. The summed E-state index contributed by atoms with van der Waals surface area (Å²) >= 11 is 1.28. The maximum absolute atomic E-state index is 13.6. The Bertz CT molecular complexity index is 1580. The highest BCUT2D eigenvalue weighted by Crippen LogP contribution is 2.45. The molecule has 40 heavy (non-hydrogen) atoms. The minimum absolute atomic E-state index is 0.0184. The first kappa shape index (κ1) is 27.2. The predicted octanol–water partition coefficient (Wildman–Crippen LogP) is 6.51. The largest absolute Gasteiger partial charge is 0.507 e. The highest BCUT2D eigenvalue weighted by Gasteiger charge is 2.48. The number of ether oxygens (including phenoxy) is 3. The van der Waals surface area contributed by atoms with E-state index in [1.54, 1.807) is 43.5 Å². The van der Waals surface area contributed by atoms with Gasteiger partial charge in [0.2, 0.25) is 0 Å². The van der Waals surface area contributed by atoms with Gasteiger partial charge in [0, 0.05) is 5.56 Å². The molecule has 1 atom stereocenters. The predicted molar refractivity (Wildman–Crippen MR) is 155 cm³/mol. The van der Waals surface area contributed by atoms with Crippen molar-refractivity contribution < 1.29 is 28.9 Å². The zero-order valence-corrected chi connectivity index (χ0v) is 23.4. The summed E-state index contributed by atoms with van der Waals surface area (Å²) in [7, 11) is 1.58. The molecule has 3 aromatic carbocycles. The van der Waals surface area contributed by atoms with Crippen molar-refractivity contribution in [2.75, 3.05) is 25.2 Å². The third kappa shape index (κ3) is 5.24. The number of hydrogen-bond acceptors (Lipinski definition) is 8. The molecule has 0 bridgehead atoms. The summed E-state index contributed by atoms with van der Waals surface area (Å²) in [6.07, 6.45) is 1.95. The topological polar surface area (TPSA) is 98.2 Å². The molecule has 1 saturated heterocycles. The highest BCUT2D eigenvalue weighted by atomic mass is 32.1. The number of hydrogen-bond donors (Lipinski definition) is 1. The first-order valence-corrected chi connectivity index (χ1v) is 14.0. The molecular formula is C31H30N2O6S. The number of carbonyl (C=O) groups is 2. The number of benzene rings is 3. The number of nitrogens with zero attached hydrogens (tertiary/aromatic N) is 2. The van der Waals surface area contributed by atoms with Crippen molar-refractivity contribution in [2.45, 2.75) is 32.7 Å². The second-order valence-electron chi connectivity index (χ2n) is 9.23. The second kappa shape index (κ2) is 11.8. The van der Waals surface area contributed by atoms with Crippen LogP contribution in [-0.4, -0.2) is 42.1 Å². The Kier molecular flexibility index (Phi) is 8.02. The number of aromatic nitrogens is 1. The van der Waals surface area contributed by atoms with Crippen LogP contribution in [0.4, 0.5) is 5.13 Å². The number of carbonyl (C=O) groups excluding carboxylic acids is 2. The molecule has 0 saturated carbocycles. The maximum atomic E-state index is 13.6. The first-order valence-electron chi connectivity index (χ1n) is 13.2. The van der Waals surface area contributed by atoms with Gasteiger partial charge in [0.25, 0.3) is 5.78 Å². The Labute approximate surface area is 236 Å². The lowest BCUT2D eigenvalue weighted by molar-refractivity contribution is -0.132. The number of rotatable bonds is 10. The summed E-state index contributed by atoms with van der Waals surface area (Å²) in [6.45, 7) is 5.00. The monoisotopic (exact) mass is 558 g/mol. The molecule has 1 aromatic heterocycles. The number of methoxy groups -OCH3 is 1. The summed E-state index contributed by atoms with van der Waals surface area (Å²) < 4.78 is 17.5. The van der Waals surface area contributed by atoms with Crippen molar-refractivity contribution >= 4 is 44.1 Å². The van der Waals surface area contributed by atoms with Crippen LogP contribution >= 0.6 is 11.3 Å². The normalized spacial score (nSPS) is 16.5. The summed E-state index contributed by atoms with van der Waals surface area (Å²) in [4.78, 5) is 33.2. The van der Waals surface area contributed by atoms with E-state index in [2.05, 4.69) is 11.9 Å². The Hall–Kier alpha value is -4.37. The second-order valence-corrected chi connectivity index (χ2v) is 10.2. The molecule has 1 fully saturated rings. The molecule has 1 aliphatic heterocycles. The van der Waals surface area contributed by atoms with Crippen LogP contribution in [0.1, 0.15) is 43.9 Å². The van der Waals surface area contributed by atoms with Gasteiger partial charge in [-0.2, -0.15) is 0 Å². The van der Waals surface area contributed by atoms with Crippen LogP contribution in [0.3, 0.4) is 0 Å². The van der Waals surface area contributed by atoms with Crippen LogP contribution in [0, 0.1) is 0 Å². The number of fused-ring (bicyclic) bond motifs is 1. The van der Waals surface area contributed by atoms with Gasteiger partial charge >= 0.3 is 5.91 Å². The molecule has 0 radical (unpaired) electrons. The number of unbranched alkanes of at least 4 members (excludes halogenated alkanes) is 1. The van der Waals surface area contributed by atoms with E-state index >= 15 is 0 Å². The van der Waals surface area contributed by atoms with E-state index in [1.165, 1.54) is 16.2 Å². The molecule has 4 aromatic rings. The van der Waals surface area contributed by atoms with Crippen molar-refractivity contribution in [1.29, 1.82) is 0 Å². The molecule has 9 heteroatoms. The summed E-state index contributed by atoms with van der Waals surface area (Å²) in [5.41, 5.74) is 1.67. The van der Waals surface area contributed by atoms with Gasteiger partial charge in [-0.05, 0) is 61.4 Å². The van der Waals surface area contributed by atoms with Crippen LogP contribution in [0.15, 0.2) is 72.3 Å². The lowest BCUT2D eigenvalue weighted by atomic mass is 9.95. The van der Waals surface area contributed by atoms with Crippen molar-refractivity contribution in [3.05, 3.63) is 83.4 Å². The van der Waals surface area contributed by atoms with E-state index in [1.807, 2.05) is 37.3 Å². The molecule has 1 N–H and O–H groups in total. The fourth-order valence-electron chi connectivity index (χ4n) is 4.60. The summed E-state index contributed by atoms with van der Waals surface area (Å²) in [6, 6.07) is 18.6. The van der Waals surface area contributed by atoms with Gasteiger partial charge in [-0.15, -0.1) is 0 Å². The first-order chi connectivity index (χ1) is 19.4. The lowest BCUT2D eigenvalue weighted by Crippen LogP contribution is -2.29. The Morgan fingerprint density at radius 3 is 2.48 bits per heavy atom. The van der Waals surface area contributed by atoms with Crippen molar-refractivity contribution in [1.82, 2.24) is 4.98 Å². The van der Waals surface area contributed by atoms with Gasteiger partial charge in [-0.1, -0.05) is 48.9 Å². The molecule has 0 aliphatic carbocycles. The van der Waals surface area contributed by atoms with Gasteiger partial charge in [-0.3, -0.25) is 14.5 Å². The fourth-order valence-corrected chi connectivity index (χ4v) is 5.62. The minimum Gasteiger partial charge on any atom is -0.507 e. The number of ketones is 1. The van der Waals surface area contributed by atoms with Crippen LogP contribution < -0.4 is 19.1 Å². The number of aliphatic hydroxyl groups excluding tert-OH is 1. The van der Waals surface area contributed by atoms with Gasteiger partial charge in [0.15, 0.2) is 5.13 Å². The van der Waals surface area contributed by atoms with Gasteiger partial charge in [-0.25, -0.2) is 4.98 Å². The van der Waals surface area contributed by atoms with Gasteiger partial charge in [0.05, 0.1) is 42.2 Å². The van der Waals surface area contributed by atoms with E-state index in [4.69, 9.17) is 14.2 Å². The van der Waals surface area contributed by atoms with E-state index < -0.39 is 17.7 Å². The Morgan fingerprint density at radius 1 is 0.975 bits per heavy atom. The van der Waals surface area contributed by atoms with Crippen LogP contribution in [0.25, 0.3) is 16.0 Å². The zero-order valence-electron chi connectivity index (χ0n) is 22.5. The molecule has 1 aliphatic rings. The smallest absolute Gasteiger partial charge is 0.301 e. The molecule has 8 nitrogen and oxygen atoms in total. The van der Waals surface area contributed by atoms with Crippen molar-refractivity contribution in [2.24, 2.45) is 0 Å². The summed E-state index contributed by atoms with van der Waals surface area (Å²) in [5, 5.41) is 11.8. The van der Waals surface area contributed by atoms with E-state index in [-0.39, 0.29) is 11.3 Å². The molecule has 1 amide bonds. The van der Waals surface area contributed by atoms with Crippen LogP contribution in [0.2, 0.25) is 0 Å². The van der Waals surface area contributed by atoms with Crippen LogP contribution in [-0.2, 0) is 9.59 Å². The van der Waals surface area contributed by atoms with E-state index in [0.717, 1.165) is 17.5 Å². The number of thiazole rings is 1. The van der Waals surface area contributed by atoms with Gasteiger partial charge < -0.3 is 19.3 Å². The molecule has 0 spiro atoms. The number of aliphatic hydroxyl groups is 1. The standard InChI is InChI=1S/C31H30N2O6S/c1-4-6-16-39-21-12-10-19(11-13-21)27-26(28(34)20-8-7-9-23(17-20)38-5-2)29(35)30(36)33(27)31-32-24-15-14-22(37-3)18-25(24)40-31/h7-15,17-18,27,34H,4-6,16H2,1-3H3. The number of anilines is 1. The average molecular weight is 559 g/mol. The Balaban J connectivity index is 1.63. The third-order valence-corrected chi connectivity index (χ3v) is 7.63. The van der Waals surface area contributed by atoms with E-state index in [0.29, 0.717) is 52.2 Å². The maximum Gasteiger partial charge on any atom is 0.301 e. The van der Waals surface area contributed by atoms with Crippen molar-refractivity contribution in [3.8, 4) is 17.2 Å². The average Bonchev–Trinajstić information content (AvgIpc) is 3.51. The van der Waals surface area contributed by atoms with Gasteiger partial charge in [0.1, 0.15) is 23.0 Å².